The molecule has 0 fully saturated rings. The number of fused-ring (bicyclic) bond motifs is 2. The van der Waals surface area contributed by atoms with Crippen LogP contribution in [0.3, 0.4) is 0 Å². The molecule has 0 aliphatic heterocycles. The lowest BCUT2D eigenvalue weighted by molar-refractivity contribution is 0.0600. The molecule has 29 heavy (non-hydrogen) atoms. The largest absolute Gasteiger partial charge is 0.465 e. The molecule has 2 heterocycles. The third-order valence-electron chi connectivity index (χ3n) is 4.06. The lowest BCUT2D eigenvalue weighted by Gasteiger charge is -2.08. The van der Waals surface area contributed by atoms with Crippen molar-refractivity contribution >= 4 is 27.8 Å². The Morgan fingerprint density at radius 1 is 1.03 bits per heavy atom. The monoisotopic (exact) mass is 395 g/mol. The van der Waals surface area contributed by atoms with Crippen molar-refractivity contribution in [3.8, 4) is 11.5 Å². The van der Waals surface area contributed by atoms with Gasteiger partial charge in [-0.25, -0.2) is 4.79 Å². The van der Waals surface area contributed by atoms with Crippen LogP contribution < -0.4 is 4.74 Å². The molecule has 0 unspecified atom stereocenters. The van der Waals surface area contributed by atoms with Crippen molar-refractivity contribution in [2.45, 2.75) is 20.8 Å². The van der Waals surface area contributed by atoms with Gasteiger partial charge in [-0.15, -0.1) is 0 Å². The third kappa shape index (κ3) is 4.55. The molecule has 0 aliphatic rings. The molecule has 0 bridgehead atoms. The van der Waals surface area contributed by atoms with E-state index < -0.39 is 5.97 Å². The van der Waals surface area contributed by atoms with E-state index in [2.05, 4.69) is 4.98 Å². The molecule has 4 rings (SSSR count). The summed E-state index contributed by atoms with van der Waals surface area (Å²) in [5.41, 5.74) is 1.88. The Kier molecular flexibility index (Phi) is 7.74. The van der Waals surface area contributed by atoms with Gasteiger partial charge in [-0.05, 0) is 37.3 Å². The zero-order valence-electron chi connectivity index (χ0n) is 17.2. The molecule has 0 radical (unpaired) electrons. The smallest absolute Gasteiger partial charge is 0.342 e. The number of methoxy groups -OCH3 is 1. The van der Waals surface area contributed by atoms with E-state index in [9.17, 15) is 4.79 Å². The predicted molar refractivity (Wildman–Crippen MR) is 114 cm³/mol. The average molecular weight is 395 g/mol. The zero-order valence-corrected chi connectivity index (χ0v) is 17.2. The Morgan fingerprint density at radius 3 is 2.48 bits per heavy atom. The Labute approximate surface area is 169 Å². The highest BCUT2D eigenvalue weighted by molar-refractivity contribution is 6.04. The predicted octanol–water partition coefficient (Wildman–Crippen LogP) is 5.50. The van der Waals surface area contributed by atoms with Gasteiger partial charge in [-0.2, -0.15) is 0 Å². The number of aliphatic hydroxyl groups is 1. The second kappa shape index (κ2) is 10.2. The SMILES string of the molecule is CC.CO.COC(=O)c1c(C)oc2cc(Oc3ccnc4ccccc34)ccc12. The highest BCUT2D eigenvalue weighted by atomic mass is 16.5. The van der Waals surface area contributed by atoms with Crippen molar-refractivity contribution < 1.29 is 23.8 Å². The van der Waals surface area contributed by atoms with Crippen LogP contribution in [0.25, 0.3) is 21.9 Å². The molecule has 2 aromatic heterocycles. The first-order chi connectivity index (χ1) is 14.2. The van der Waals surface area contributed by atoms with Crippen LogP contribution in [0.4, 0.5) is 0 Å². The quantitative estimate of drug-likeness (QED) is 0.461. The molecule has 0 aliphatic carbocycles. The fraction of sp³-hybridized carbons (Fsp3) is 0.217. The number of carbonyl (C=O) groups excluding carboxylic acids is 1. The number of nitrogens with zero attached hydrogens (tertiary/aromatic N) is 1. The fourth-order valence-corrected chi connectivity index (χ4v) is 2.90. The molecule has 6 heteroatoms. The molecule has 1 N–H and O–H groups in total. The van der Waals surface area contributed by atoms with Crippen molar-refractivity contribution in [1.82, 2.24) is 4.98 Å². The minimum absolute atomic E-state index is 0.412. The highest BCUT2D eigenvalue weighted by Crippen LogP contribution is 2.33. The number of ether oxygens (including phenoxy) is 2. The number of benzene rings is 2. The Balaban J connectivity index is 0.000000707. The van der Waals surface area contributed by atoms with Gasteiger partial charge in [0.1, 0.15) is 28.4 Å². The van der Waals surface area contributed by atoms with Crippen LogP contribution >= 0.6 is 0 Å². The van der Waals surface area contributed by atoms with Crippen LogP contribution in [0.5, 0.6) is 11.5 Å². The van der Waals surface area contributed by atoms with E-state index in [4.69, 9.17) is 19.0 Å². The highest BCUT2D eigenvalue weighted by Gasteiger charge is 2.19. The number of para-hydroxylation sites is 1. The Hall–Kier alpha value is -3.38. The molecular weight excluding hydrogens is 370 g/mol. The number of esters is 1. The number of pyridine rings is 1. The lowest BCUT2D eigenvalue weighted by atomic mass is 10.1. The second-order valence-electron chi connectivity index (χ2n) is 5.61. The van der Waals surface area contributed by atoms with Crippen molar-refractivity contribution in [2.75, 3.05) is 14.2 Å². The summed E-state index contributed by atoms with van der Waals surface area (Å²) in [6.45, 7) is 5.74. The summed E-state index contributed by atoms with van der Waals surface area (Å²) in [5, 5.41) is 8.63. The number of furan rings is 1. The van der Waals surface area contributed by atoms with E-state index in [1.54, 1.807) is 31.3 Å². The summed E-state index contributed by atoms with van der Waals surface area (Å²) >= 11 is 0. The Morgan fingerprint density at radius 2 is 1.76 bits per heavy atom. The minimum atomic E-state index is -0.412. The van der Waals surface area contributed by atoms with Gasteiger partial charge in [-0.1, -0.05) is 26.0 Å². The summed E-state index contributed by atoms with van der Waals surface area (Å²) in [6.07, 6.45) is 1.71. The number of aryl methyl sites for hydroxylation is 1. The molecule has 4 aromatic rings. The summed E-state index contributed by atoms with van der Waals surface area (Å²) in [7, 11) is 2.35. The minimum Gasteiger partial charge on any atom is -0.465 e. The number of hydrogen-bond acceptors (Lipinski definition) is 6. The van der Waals surface area contributed by atoms with Gasteiger partial charge in [0.05, 0.1) is 12.6 Å². The maximum absolute atomic E-state index is 11.9. The van der Waals surface area contributed by atoms with Gasteiger partial charge >= 0.3 is 5.97 Å². The molecule has 0 saturated carbocycles. The maximum atomic E-state index is 11.9. The first-order valence-corrected chi connectivity index (χ1v) is 9.25. The molecule has 0 amide bonds. The molecule has 0 spiro atoms. The van der Waals surface area contributed by atoms with Crippen LogP contribution in [0.2, 0.25) is 0 Å². The van der Waals surface area contributed by atoms with E-state index in [1.807, 2.05) is 44.2 Å². The summed E-state index contributed by atoms with van der Waals surface area (Å²) in [5.74, 6) is 1.44. The zero-order chi connectivity index (χ0) is 21.4. The normalized spacial score (nSPS) is 9.86. The molecule has 0 atom stereocenters. The van der Waals surface area contributed by atoms with E-state index >= 15 is 0 Å². The van der Waals surface area contributed by atoms with E-state index in [-0.39, 0.29) is 0 Å². The van der Waals surface area contributed by atoms with Gasteiger partial charge in [-0.3, -0.25) is 4.98 Å². The number of carbonyl (C=O) groups is 1. The van der Waals surface area contributed by atoms with Crippen LogP contribution in [-0.2, 0) is 4.74 Å². The molecule has 2 aromatic carbocycles. The first-order valence-electron chi connectivity index (χ1n) is 9.25. The molecule has 152 valence electrons. The van der Waals surface area contributed by atoms with Gasteiger partial charge in [0.15, 0.2) is 0 Å². The number of rotatable bonds is 3. The standard InChI is InChI=1S/C20H15NO4.C2H6.CH4O/c1-12-19(20(22)23-2)15-8-7-13(11-18(15)24-12)25-17-9-10-21-16-6-4-3-5-14(16)17;2*1-2/h3-11H,1-2H3;1-2H3;2H,1H3. The number of aromatic nitrogens is 1. The molecule has 0 saturated heterocycles. The summed E-state index contributed by atoms with van der Waals surface area (Å²) in [4.78, 5) is 16.2. The average Bonchev–Trinajstić information content (AvgIpc) is 3.11. The van der Waals surface area contributed by atoms with Crippen molar-refractivity contribution in [3.63, 3.8) is 0 Å². The van der Waals surface area contributed by atoms with Crippen molar-refractivity contribution in [3.05, 3.63) is 66.1 Å². The third-order valence-corrected chi connectivity index (χ3v) is 4.06. The van der Waals surface area contributed by atoms with Gasteiger partial charge < -0.3 is 19.0 Å². The van der Waals surface area contributed by atoms with Gasteiger partial charge in [0.25, 0.3) is 0 Å². The topological polar surface area (TPSA) is 81.8 Å². The Bertz CT molecular complexity index is 1100. The van der Waals surface area contributed by atoms with E-state index in [0.29, 0.717) is 33.8 Å². The van der Waals surface area contributed by atoms with Crippen molar-refractivity contribution in [1.29, 1.82) is 0 Å². The van der Waals surface area contributed by atoms with E-state index in [0.717, 1.165) is 18.0 Å². The number of aliphatic hydroxyl groups excluding tert-OH is 1. The van der Waals surface area contributed by atoms with Crippen LogP contribution in [0.15, 0.2) is 59.1 Å². The number of hydrogen-bond donors (Lipinski definition) is 1. The molecular formula is C23H25NO5. The van der Waals surface area contributed by atoms with Crippen LogP contribution in [0, 0.1) is 6.92 Å². The van der Waals surface area contributed by atoms with Crippen molar-refractivity contribution in [2.24, 2.45) is 0 Å². The summed E-state index contributed by atoms with van der Waals surface area (Å²) < 4.78 is 16.5. The van der Waals surface area contributed by atoms with Gasteiger partial charge in [0.2, 0.25) is 0 Å². The molecule has 6 nitrogen and oxygen atoms in total. The van der Waals surface area contributed by atoms with E-state index in [1.165, 1.54) is 7.11 Å². The fourth-order valence-electron chi connectivity index (χ4n) is 2.90. The summed E-state index contributed by atoms with van der Waals surface area (Å²) in [6, 6.07) is 15.0. The van der Waals surface area contributed by atoms with Crippen LogP contribution in [0.1, 0.15) is 30.0 Å². The maximum Gasteiger partial charge on any atom is 0.342 e. The van der Waals surface area contributed by atoms with Crippen LogP contribution in [-0.4, -0.2) is 30.3 Å². The van der Waals surface area contributed by atoms with Gasteiger partial charge in [0, 0.05) is 30.1 Å². The second-order valence-corrected chi connectivity index (χ2v) is 5.61. The first kappa shape index (κ1) is 21.9. The lowest BCUT2D eigenvalue weighted by Crippen LogP contribution is -2.01.